The van der Waals surface area contributed by atoms with Crippen molar-refractivity contribution in [2.75, 3.05) is 0 Å². The van der Waals surface area contributed by atoms with Gasteiger partial charge in [0.25, 0.3) is 5.92 Å². The Bertz CT molecular complexity index is 587. The van der Waals surface area contributed by atoms with E-state index in [-0.39, 0.29) is 18.5 Å². The number of amides is 1. The fraction of sp³-hybridized carbons (Fsp3) is 0.600. The Balaban J connectivity index is 1.95. The van der Waals surface area contributed by atoms with Gasteiger partial charge in [-0.05, 0) is 37.8 Å². The Labute approximate surface area is 121 Å². The highest BCUT2D eigenvalue weighted by Crippen LogP contribution is 2.54. The molecule has 0 N–H and O–H groups in total. The fourth-order valence-corrected chi connectivity index (χ4v) is 3.54. The normalized spacial score (nSPS) is 32.6. The van der Waals surface area contributed by atoms with E-state index < -0.39 is 23.1 Å². The maximum absolute atomic E-state index is 13.8. The molecule has 2 aliphatic rings. The van der Waals surface area contributed by atoms with E-state index in [1.54, 1.807) is 0 Å². The quantitative estimate of drug-likeness (QED) is 0.839. The monoisotopic (exact) mass is 298 g/mol. The predicted molar refractivity (Wildman–Crippen MR) is 70.1 cm³/mol. The Hall–Kier alpha value is -1.59. The molecule has 3 nitrogen and oxygen atoms in total. The van der Waals surface area contributed by atoms with Crippen LogP contribution in [0.1, 0.15) is 44.7 Å². The smallest absolute Gasteiger partial charge is 0.259 e. The number of aromatic nitrogens is 1. The van der Waals surface area contributed by atoms with Crippen molar-refractivity contribution >= 4 is 5.91 Å². The highest BCUT2D eigenvalue weighted by Gasteiger charge is 2.62. The summed E-state index contributed by atoms with van der Waals surface area (Å²) in [5.41, 5.74) is -1.09. The SMILES string of the molecule is CC(F)(F)C1(C)C[C@H]2CC[C@@H](c3cncc(F)c3)N2C1=O. The van der Waals surface area contributed by atoms with E-state index in [1.165, 1.54) is 24.1 Å². The van der Waals surface area contributed by atoms with Gasteiger partial charge < -0.3 is 4.90 Å². The van der Waals surface area contributed by atoms with E-state index in [2.05, 4.69) is 4.98 Å². The van der Waals surface area contributed by atoms with Crippen molar-refractivity contribution < 1.29 is 18.0 Å². The number of nitrogens with zero attached hydrogens (tertiary/aromatic N) is 2. The van der Waals surface area contributed by atoms with Gasteiger partial charge in [0.05, 0.1) is 12.2 Å². The average Bonchev–Trinajstić information content (AvgIpc) is 2.89. The van der Waals surface area contributed by atoms with Gasteiger partial charge in [-0.15, -0.1) is 0 Å². The molecule has 21 heavy (non-hydrogen) atoms. The first-order valence-electron chi connectivity index (χ1n) is 7.05. The number of hydrogen-bond donors (Lipinski definition) is 0. The van der Waals surface area contributed by atoms with Crippen molar-refractivity contribution in [2.24, 2.45) is 5.41 Å². The van der Waals surface area contributed by atoms with Crippen LogP contribution in [0.15, 0.2) is 18.5 Å². The second-order valence-corrected chi connectivity index (χ2v) is 6.32. The van der Waals surface area contributed by atoms with Gasteiger partial charge in [0, 0.05) is 19.2 Å². The number of rotatable bonds is 2. The van der Waals surface area contributed by atoms with Crippen LogP contribution in [0.3, 0.4) is 0 Å². The van der Waals surface area contributed by atoms with Gasteiger partial charge in [-0.25, -0.2) is 13.2 Å². The standard InChI is InChI=1S/C15H17F3N2O/c1-14(15(2,17)18)6-11-3-4-12(20(11)13(14)21)9-5-10(16)8-19-7-9/h5,7-8,11-12H,3-4,6H2,1-2H3/t11-,12+,14?/m1/s1. The minimum atomic E-state index is -3.07. The molecule has 1 amide bonds. The van der Waals surface area contributed by atoms with Gasteiger partial charge in [0.2, 0.25) is 5.91 Å². The summed E-state index contributed by atoms with van der Waals surface area (Å²) in [5.74, 6) is -4.09. The van der Waals surface area contributed by atoms with Gasteiger partial charge in [0.1, 0.15) is 11.2 Å². The zero-order valence-corrected chi connectivity index (χ0v) is 11.9. The number of fused-ring (bicyclic) bond motifs is 1. The van der Waals surface area contributed by atoms with Gasteiger partial charge >= 0.3 is 0 Å². The van der Waals surface area contributed by atoms with Crippen molar-refractivity contribution in [3.63, 3.8) is 0 Å². The zero-order chi connectivity index (χ0) is 15.4. The summed E-state index contributed by atoms with van der Waals surface area (Å²) < 4.78 is 41.0. The van der Waals surface area contributed by atoms with Crippen LogP contribution >= 0.6 is 0 Å². The Morgan fingerprint density at radius 3 is 2.71 bits per heavy atom. The third-order valence-corrected chi connectivity index (χ3v) is 4.93. The topological polar surface area (TPSA) is 33.2 Å². The van der Waals surface area contributed by atoms with Gasteiger partial charge in [0.15, 0.2) is 0 Å². The molecule has 114 valence electrons. The van der Waals surface area contributed by atoms with E-state index in [0.717, 1.165) is 13.1 Å². The van der Waals surface area contributed by atoms with Crippen molar-refractivity contribution in [3.8, 4) is 0 Å². The highest BCUT2D eigenvalue weighted by molar-refractivity contribution is 5.87. The van der Waals surface area contributed by atoms with Crippen LogP contribution in [0.25, 0.3) is 0 Å². The summed E-state index contributed by atoms with van der Waals surface area (Å²) in [6.07, 6.45) is 4.06. The number of pyridine rings is 1. The lowest BCUT2D eigenvalue weighted by molar-refractivity contribution is -0.156. The van der Waals surface area contributed by atoms with E-state index >= 15 is 0 Å². The lowest BCUT2D eigenvalue weighted by atomic mass is 9.80. The summed E-state index contributed by atoms with van der Waals surface area (Å²) in [4.78, 5) is 17.9. The summed E-state index contributed by atoms with van der Waals surface area (Å²) in [7, 11) is 0. The summed E-state index contributed by atoms with van der Waals surface area (Å²) >= 11 is 0. The molecule has 2 fully saturated rings. The third-order valence-electron chi connectivity index (χ3n) is 4.93. The molecule has 0 spiro atoms. The fourth-order valence-electron chi connectivity index (χ4n) is 3.54. The first-order valence-corrected chi connectivity index (χ1v) is 7.05. The number of alkyl halides is 2. The Morgan fingerprint density at radius 1 is 1.38 bits per heavy atom. The molecule has 1 aromatic heterocycles. The molecule has 0 radical (unpaired) electrons. The van der Waals surface area contributed by atoms with Crippen molar-refractivity contribution in [2.45, 2.75) is 51.1 Å². The molecule has 1 unspecified atom stereocenters. The molecule has 2 saturated heterocycles. The molecular weight excluding hydrogens is 281 g/mol. The van der Waals surface area contributed by atoms with E-state index in [4.69, 9.17) is 0 Å². The van der Waals surface area contributed by atoms with Crippen LogP contribution in [-0.2, 0) is 4.79 Å². The maximum Gasteiger partial charge on any atom is 0.259 e. The van der Waals surface area contributed by atoms with Gasteiger partial charge in [-0.2, -0.15) is 0 Å². The first-order chi connectivity index (χ1) is 9.74. The number of hydrogen-bond acceptors (Lipinski definition) is 2. The lowest BCUT2D eigenvalue weighted by Crippen LogP contribution is -2.44. The Morgan fingerprint density at radius 2 is 2.10 bits per heavy atom. The van der Waals surface area contributed by atoms with Crippen molar-refractivity contribution in [1.82, 2.24) is 9.88 Å². The highest BCUT2D eigenvalue weighted by atomic mass is 19.3. The predicted octanol–water partition coefficient (Wildman–Crippen LogP) is 3.32. The van der Waals surface area contributed by atoms with Crippen LogP contribution in [0.2, 0.25) is 0 Å². The summed E-state index contributed by atoms with van der Waals surface area (Å²) in [6, 6.07) is 0.782. The van der Waals surface area contributed by atoms with Gasteiger partial charge in [-0.1, -0.05) is 0 Å². The van der Waals surface area contributed by atoms with E-state index in [1.807, 2.05) is 0 Å². The maximum atomic E-state index is 13.8. The zero-order valence-electron chi connectivity index (χ0n) is 11.9. The minimum absolute atomic E-state index is 0.147. The average molecular weight is 298 g/mol. The second kappa shape index (κ2) is 4.45. The van der Waals surface area contributed by atoms with Crippen LogP contribution in [0.5, 0.6) is 0 Å². The van der Waals surface area contributed by atoms with Crippen LogP contribution in [0, 0.1) is 11.2 Å². The summed E-state index contributed by atoms with van der Waals surface area (Å²) in [6.45, 7) is 2.13. The number of halogens is 3. The van der Waals surface area contributed by atoms with Crippen LogP contribution < -0.4 is 0 Å². The summed E-state index contributed by atoms with van der Waals surface area (Å²) in [5, 5.41) is 0. The van der Waals surface area contributed by atoms with Crippen molar-refractivity contribution in [3.05, 3.63) is 29.8 Å². The molecule has 0 bridgehead atoms. The first kappa shape index (κ1) is 14.4. The van der Waals surface area contributed by atoms with E-state index in [0.29, 0.717) is 18.4 Å². The number of carbonyl (C=O) groups is 1. The molecule has 0 saturated carbocycles. The molecule has 3 rings (SSSR count). The lowest BCUT2D eigenvalue weighted by Gasteiger charge is -2.31. The molecular formula is C15H17F3N2O. The van der Waals surface area contributed by atoms with Gasteiger partial charge in [-0.3, -0.25) is 9.78 Å². The molecule has 3 heterocycles. The molecule has 6 heteroatoms. The molecule has 0 aromatic carbocycles. The molecule has 2 aliphatic heterocycles. The largest absolute Gasteiger partial charge is 0.332 e. The minimum Gasteiger partial charge on any atom is -0.332 e. The van der Waals surface area contributed by atoms with Crippen LogP contribution in [0.4, 0.5) is 13.2 Å². The van der Waals surface area contributed by atoms with Crippen molar-refractivity contribution in [1.29, 1.82) is 0 Å². The van der Waals surface area contributed by atoms with E-state index in [9.17, 15) is 18.0 Å². The third kappa shape index (κ3) is 2.03. The molecule has 3 atom stereocenters. The Kier molecular flexibility index (Phi) is 3.04. The van der Waals surface area contributed by atoms with Crippen LogP contribution in [-0.4, -0.2) is 27.8 Å². The molecule has 1 aromatic rings. The second-order valence-electron chi connectivity index (χ2n) is 6.32. The molecule has 0 aliphatic carbocycles. The number of carbonyl (C=O) groups excluding carboxylic acids is 1.